The van der Waals surface area contributed by atoms with E-state index in [1.165, 1.54) is 4.57 Å². The summed E-state index contributed by atoms with van der Waals surface area (Å²) in [6.45, 7) is 4.11. The molecule has 0 saturated carbocycles. The quantitative estimate of drug-likeness (QED) is 0.436. The van der Waals surface area contributed by atoms with Crippen LogP contribution in [-0.2, 0) is 12.7 Å². The fraction of sp³-hybridized carbons (Fsp3) is 0.263. The lowest BCUT2D eigenvalue weighted by Crippen LogP contribution is -2.09. The molecule has 0 fully saturated rings. The van der Waals surface area contributed by atoms with Crippen LogP contribution >= 0.6 is 11.6 Å². The summed E-state index contributed by atoms with van der Waals surface area (Å²) in [6.07, 6.45) is -0.181. The van der Waals surface area contributed by atoms with Crippen LogP contribution in [0.2, 0.25) is 5.28 Å². The molecule has 0 saturated heterocycles. The van der Waals surface area contributed by atoms with Crippen molar-refractivity contribution >= 4 is 22.6 Å². The second-order valence-corrected chi connectivity index (χ2v) is 6.88. The molecule has 3 heterocycles. The van der Waals surface area contributed by atoms with Crippen molar-refractivity contribution in [3.05, 3.63) is 59.4 Å². The van der Waals surface area contributed by atoms with E-state index in [1.807, 2.05) is 19.1 Å². The molecule has 4 aromatic rings. The molecular weight excluding hydrogens is 405 g/mol. The van der Waals surface area contributed by atoms with Gasteiger partial charge in [0.1, 0.15) is 5.82 Å². The summed E-state index contributed by atoms with van der Waals surface area (Å²) in [5.41, 5.74) is 1.23. The van der Waals surface area contributed by atoms with E-state index in [9.17, 15) is 13.2 Å². The van der Waals surface area contributed by atoms with Gasteiger partial charge in [-0.1, -0.05) is 24.3 Å². The first-order valence-corrected chi connectivity index (χ1v) is 9.26. The molecule has 0 unspecified atom stereocenters. The van der Waals surface area contributed by atoms with Gasteiger partial charge in [0.15, 0.2) is 11.3 Å². The van der Waals surface area contributed by atoms with Crippen LogP contribution in [0.15, 0.2) is 42.9 Å². The highest BCUT2D eigenvalue weighted by Crippen LogP contribution is 2.31. The van der Waals surface area contributed by atoms with Crippen LogP contribution in [0.25, 0.3) is 22.4 Å². The number of rotatable bonds is 4. The third-order valence-corrected chi connectivity index (χ3v) is 4.91. The first-order chi connectivity index (χ1) is 13.8. The Labute approximate surface area is 169 Å². The standard InChI is InChI=1S/C19H16ClF3N6/c1-3-28-10-15(19(21,22)23)26-16(28)13-6-4-12(5-7-13)11(2)29-17-14(9-25-29)8-24-18(20)27-17/h4-11H,3H2,1-2H3/t11-/m0/s1. The van der Waals surface area contributed by atoms with Gasteiger partial charge in [-0.05, 0) is 31.0 Å². The first kappa shape index (κ1) is 19.4. The van der Waals surface area contributed by atoms with Gasteiger partial charge in [-0.2, -0.15) is 23.3 Å². The molecule has 3 aromatic heterocycles. The zero-order valence-corrected chi connectivity index (χ0v) is 16.3. The molecule has 1 aromatic carbocycles. The van der Waals surface area contributed by atoms with Crippen LogP contribution < -0.4 is 0 Å². The monoisotopic (exact) mass is 420 g/mol. The summed E-state index contributed by atoms with van der Waals surface area (Å²) in [7, 11) is 0. The van der Waals surface area contributed by atoms with E-state index in [2.05, 4.69) is 20.1 Å². The topological polar surface area (TPSA) is 61.4 Å². The normalized spacial score (nSPS) is 13.2. The minimum absolute atomic E-state index is 0.133. The van der Waals surface area contributed by atoms with Crippen molar-refractivity contribution in [3.8, 4) is 11.4 Å². The summed E-state index contributed by atoms with van der Waals surface area (Å²) < 4.78 is 42.2. The van der Waals surface area contributed by atoms with Crippen molar-refractivity contribution < 1.29 is 13.2 Å². The molecule has 6 nitrogen and oxygen atoms in total. The number of imidazole rings is 1. The van der Waals surface area contributed by atoms with Crippen molar-refractivity contribution in [2.24, 2.45) is 0 Å². The summed E-state index contributed by atoms with van der Waals surface area (Å²) in [5.74, 6) is 0.281. The second-order valence-electron chi connectivity index (χ2n) is 6.54. The molecule has 150 valence electrons. The first-order valence-electron chi connectivity index (χ1n) is 8.88. The van der Waals surface area contributed by atoms with E-state index in [0.29, 0.717) is 17.8 Å². The minimum atomic E-state index is -4.48. The number of aromatic nitrogens is 6. The maximum absolute atomic E-state index is 13.0. The van der Waals surface area contributed by atoms with Gasteiger partial charge < -0.3 is 4.57 Å². The number of nitrogens with zero attached hydrogens (tertiary/aromatic N) is 6. The number of fused-ring (bicyclic) bond motifs is 1. The highest BCUT2D eigenvalue weighted by atomic mass is 35.5. The average molecular weight is 421 g/mol. The predicted octanol–water partition coefficient (Wildman–Crippen LogP) is 4.99. The van der Waals surface area contributed by atoms with Crippen LogP contribution in [0.3, 0.4) is 0 Å². The fourth-order valence-corrected chi connectivity index (χ4v) is 3.30. The molecule has 4 rings (SSSR count). The van der Waals surface area contributed by atoms with Crippen LogP contribution in [0, 0.1) is 0 Å². The van der Waals surface area contributed by atoms with Gasteiger partial charge in [0.2, 0.25) is 5.28 Å². The second kappa shape index (κ2) is 7.14. The highest BCUT2D eigenvalue weighted by Gasteiger charge is 2.34. The van der Waals surface area contributed by atoms with E-state index in [-0.39, 0.29) is 17.1 Å². The van der Waals surface area contributed by atoms with Crippen LogP contribution in [0.5, 0.6) is 0 Å². The van der Waals surface area contributed by atoms with E-state index >= 15 is 0 Å². The SMILES string of the molecule is CCn1cc(C(F)(F)F)nc1-c1ccc([C@H](C)n2ncc3cnc(Cl)nc32)cc1. The van der Waals surface area contributed by atoms with Crippen LogP contribution in [-0.4, -0.2) is 29.3 Å². The lowest BCUT2D eigenvalue weighted by Gasteiger charge is -2.14. The Morgan fingerprint density at radius 1 is 1.10 bits per heavy atom. The van der Waals surface area contributed by atoms with Gasteiger partial charge in [0.25, 0.3) is 0 Å². The van der Waals surface area contributed by atoms with Gasteiger partial charge in [-0.25, -0.2) is 14.6 Å². The summed E-state index contributed by atoms with van der Waals surface area (Å²) in [6, 6.07) is 7.04. The molecule has 0 amide bonds. The smallest absolute Gasteiger partial charge is 0.331 e. The van der Waals surface area contributed by atoms with Crippen molar-refractivity contribution in [2.45, 2.75) is 32.6 Å². The Bertz CT molecular complexity index is 1160. The van der Waals surface area contributed by atoms with Gasteiger partial charge in [0, 0.05) is 24.5 Å². The lowest BCUT2D eigenvalue weighted by molar-refractivity contribution is -0.140. The van der Waals surface area contributed by atoms with Gasteiger partial charge in [-0.15, -0.1) is 0 Å². The van der Waals surface area contributed by atoms with E-state index in [0.717, 1.165) is 17.1 Å². The molecule has 0 bridgehead atoms. The Hall–Kier alpha value is -2.94. The molecule has 0 N–H and O–H groups in total. The van der Waals surface area contributed by atoms with Crippen molar-refractivity contribution in [1.82, 2.24) is 29.3 Å². The number of hydrogen-bond acceptors (Lipinski definition) is 4. The fourth-order valence-electron chi connectivity index (χ4n) is 3.17. The summed E-state index contributed by atoms with van der Waals surface area (Å²) in [4.78, 5) is 12.0. The van der Waals surface area contributed by atoms with Gasteiger partial charge in [-0.3, -0.25) is 0 Å². The zero-order valence-electron chi connectivity index (χ0n) is 15.5. The van der Waals surface area contributed by atoms with Crippen LogP contribution in [0.1, 0.15) is 31.1 Å². The van der Waals surface area contributed by atoms with Gasteiger partial charge in [0.05, 0.1) is 17.6 Å². The molecule has 10 heteroatoms. The number of halogens is 4. The summed E-state index contributed by atoms with van der Waals surface area (Å²) in [5, 5.41) is 5.26. The summed E-state index contributed by atoms with van der Waals surface area (Å²) >= 11 is 5.90. The van der Waals surface area contributed by atoms with Gasteiger partial charge >= 0.3 is 6.18 Å². The molecule has 0 aliphatic rings. The van der Waals surface area contributed by atoms with Crippen molar-refractivity contribution in [2.75, 3.05) is 0 Å². The number of alkyl halides is 3. The molecule has 0 aliphatic heterocycles. The van der Waals surface area contributed by atoms with Crippen molar-refractivity contribution in [1.29, 1.82) is 0 Å². The largest absolute Gasteiger partial charge is 0.434 e. The third-order valence-electron chi connectivity index (χ3n) is 4.73. The minimum Gasteiger partial charge on any atom is -0.331 e. The number of benzene rings is 1. The Kier molecular flexibility index (Phi) is 4.77. The average Bonchev–Trinajstić information content (AvgIpc) is 3.31. The molecule has 0 radical (unpaired) electrons. The Balaban J connectivity index is 1.67. The van der Waals surface area contributed by atoms with Crippen molar-refractivity contribution in [3.63, 3.8) is 0 Å². The Morgan fingerprint density at radius 3 is 2.48 bits per heavy atom. The maximum atomic E-state index is 13.0. The Morgan fingerprint density at radius 2 is 1.83 bits per heavy atom. The molecule has 0 spiro atoms. The molecule has 29 heavy (non-hydrogen) atoms. The lowest BCUT2D eigenvalue weighted by atomic mass is 10.1. The number of hydrogen-bond donors (Lipinski definition) is 0. The molecular formula is C19H16ClF3N6. The zero-order chi connectivity index (χ0) is 20.8. The van der Waals surface area contributed by atoms with E-state index in [1.54, 1.807) is 36.1 Å². The van der Waals surface area contributed by atoms with E-state index in [4.69, 9.17) is 11.6 Å². The molecule has 1 atom stereocenters. The van der Waals surface area contributed by atoms with E-state index < -0.39 is 11.9 Å². The predicted molar refractivity (Wildman–Crippen MR) is 102 cm³/mol. The third kappa shape index (κ3) is 3.57. The highest BCUT2D eigenvalue weighted by molar-refractivity contribution is 6.28. The number of aryl methyl sites for hydroxylation is 1. The molecule has 0 aliphatic carbocycles. The maximum Gasteiger partial charge on any atom is 0.434 e. The van der Waals surface area contributed by atoms with Crippen LogP contribution in [0.4, 0.5) is 13.2 Å².